The summed E-state index contributed by atoms with van der Waals surface area (Å²) in [5, 5.41) is 68.2. The van der Waals surface area contributed by atoms with E-state index in [4.69, 9.17) is 9.47 Å². The number of aromatic hydroxyl groups is 7. The number of carbonyl (C=O) groups excluding carboxylic acids is 1. The Morgan fingerprint density at radius 3 is 2.19 bits per heavy atom. The zero-order valence-corrected chi connectivity index (χ0v) is 16.3. The van der Waals surface area contributed by atoms with E-state index in [2.05, 4.69) is 0 Å². The molecular weight excluding hydrogens is 424 g/mol. The molecule has 0 saturated heterocycles. The van der Waals surface area contributed by atoms with Crippen molar-refractivity contribution in [3.8, 4) is 46.0 Å². The second kappa shape index (κ2) is 7.65. The first-order valence-electron chi connectivity index (χ1n) is 9.33. The molecule has 4 rings (SSSR count). The minimum absolute atomic E-state index is 0. The van der Waals surface area contributed by atoms with Crippen LogP contribution in [0.4, 0.5) is 0 Å². The zero-order valence-electron chi connectivity index (χ0n) is 16.3. The molecule has 0 fully saturated rings. The SMILES string of the molecule is O=C(O[C@@H]1Cc2c(O)cc(O)cc2O[C@@H]1c1ccc(O)c(O)c1)c1cc(O)c(O)c(O)c1.[HH].[HH].[HH].[HH].[HH]. The Kier molecular flexibility index (Phi) is 4.97. The molecular formula is C22H28O10. The number of carbonyl (C=O) groups is 1. The minimum atomic E-state index is -1.06. The molecule has 10 heteroatoms. The maximum Gasteiger partial charge on any atom is 0.338 e. The molecule has 0 spiro atoms. The lowest BCUT2D eigenvalue weighted by atomic mass is 9.93. The van der Waals surface area contributed by atoms with E-state index >= 15 is 0 Å². The van der Waals surface area contributed by atoms with Gasteiger partial charge < -0.3 is 45.2 Å². The predicted octanol–water partition coefficient (Wildman–Crippen LogP) is 3.76. The van der Waals surface area contributed by atoms with Gasteiger partial charge in [-0.05, 0) is 24.3 Å². The van der Waals surface area contributed by atoms with E-state index in [0.29, 0.717) is 5.56 Å². The average molecular weight is 452 g/mol. The highest BCUT2D eigenvalue weighted by atomic mass is 16.6. The Balaban J connectivity index is 0. The summed E-state index contributed by atoms with van der Waals surface area (Å²) in [7, 11) is 0. The molecule has 0 saturated carbocycles. The molecule has 1 heterocycles. The molecule has 3 aromatic rings. The van der Waals surface area contributed by atoms with Gasteiger partial charge in [-0.1, -0.05) is 6.07 Å². The summed E-state index contributed by atoms with van der Waals surface area (Å²) >= 11 is 0. The summed E-state index contributed by atoms with van der Waals surface area (Å²) in [5.74, 6) is -4.43. The normalized spacial score (nSPS) is 17.2. The number of fused-ring (bicyclic) bond motifs is 1. The highest BCUT2D eigenvalue weighted by molar-refractivity contribution is 5.91. The number of ether oxygens (including phenoxy) is 2. The first kappa shape index (κ1) is 20.8. The first-order valence-corrected chi connectivity index (χ1v) is 9.33. The number of hydrogen-bond acceptors (Lipinski definition) is 10. The molecule has 1 aliphatic heterocycles. The number of rotatable bonds is 3. The Hall–Kier alpha value is -4.47. The fourth-order valence-electron chi connectivity index (χ4n) is 3.48. The van der Waals surface area contributed by atoms with Crippen LogP contribution in [0.5, 0.6) is 46.0 Å². The van der Waals surface area contributed by atoms with Crippen LogP contribution in [-0.4, -0.2) is 47.8 Å². The molecule has 2 atom stereocenters. The third kappa shape index (κ3) is 3.69. The highest BCUT2D eigenvalue weighted by Crippen LogP contribution is 2.44. The lowest BCUT2D eigenvalue weighted by Crippen LogP contribution is -2.34. The molecule has 0 aliphatic carbocycles. The average Bonchev–Trinajstić information content (AvgIpc) is 2.73. The Morgan fingerprint density at radius 1 is 0.844 bits per heavy atom. The molecule has 3 aromatic carbocycles. The fraction of sp³-hybridized carbons (Fsp3) is 0.136. The largest absolute Gasteiger partial charge is 0.508 e. The van der Waals surface area contributed by atoms with Crippen LogP contribution < -0.4 is 4.74 Å². The van der Waals surface area contributed by atoms with Gasteiger partial charge in [0.25, 0.3) is 0 Å². The maximum absolute atomic E-state index is 12.7. The third-order valence-electron chi connectivity index (χ3n) is 5.06. The second-order valence-electron chi connectivity index (χ2n) is 7.24. The van der Waals surface area contributed by atoms with Crippen LogP contribution >= 0.6 is 0 Å². The summed E-state index contributed by atoms with van der Waals surface area (Å²) in [5.41, 5.74) is 0.324. The van der Waals surface area contributed by atoms with E-state index < -0.39 is 41.2 Å². The van der Waals surface area contributed by atoms with Gasteiger partial charge in [0.05, 0.1) is 5.56 Å². The molecule has 1 aliphatic rings. The van der Waals surface area contributed by atoms with Crippen molar-refractivity contribution in [3.63, 3.8) is 0 Å². The predicted molar refractivity (Wildman–Crippen MR) is 118 cm³/mol. The zero-order chi connectivity index (χ0) is 23.2. The topological polar surface area (TPSA) is 177 Å². The van der Waals surface area contributed by atoms with Gasteiger partial charge in [0.15, 0.2) is 34.9 Å². The van der Waals surface area contributed by atoms with Crippen LogP contribution in [0.2, 0.25) is 0 Å². The van der Waals surface area contributed by atoms with Crippen molar-refractivity contribution in [1.82, 2.24) is 0 Å². The fourth-order valence-corrected chi connectivity index (χ4v) is 3.48. The second-order valence-corrected chi connectivity index (χ2v) is 7.24. The number of hydrogen-bond donors (Lipinski definition) is 7. The van der Waals surface area contributed by atoms with E-state index in [0.717, 1.165) is 18.2 Å². The van der Waals surface area contributed by atoms with Crippen molar-refractivity contribution in [1.29, 1.82) is 0 Å². The number of benzene rings is 3. The number of phenols is 7. The standard InChI is InChI=1S/C22H18O10.5H2/c23-11-6-14(25)12-8-19(32-22(30)10-4-16(27)20(29)17(28)5-10)21(31-18(12)7-11)9-1-2-13(24)15(26)3-9;;;;;/h1-7,19,21,23-29H,8H2;5*1H/t19-,21-;;;;;/m1...../s1. The van der Waals surface area contributed by atoms with Gasteiger partial charge >= 0.3 is 5.97 Å². The Labute approximate surface area is 187 Å². The maximum atomic E-state index is 12.7. The quantitative estimate of drug-likeness (QED) is 0.229. The summed E-state index contributed by atoms with van der Waals surface area (Å²) in [4.78, 5) is 12.7. The van der Waals surface area contributed by atoms with Crippen molar-refractivity contribution in [2.45, 2.75) is 18.6 Å². The van der Waals surface area contributed by atoms with Crippen molar-refractivity contribution in [3.05, 3.63) is 59.2 Å². The number of esters is 1. The lowest BCUT2D eigenvalue weighted by molar-refractivity contribution is -0.0189. The Morgan fingerprint density at radius 2 is 1.53 bits per heavy atom. The summed E-state index contributed by atoms with van der Waals surface area (Å²) < 4.78 is 11.4. The van der Waals surface area contributed by atoms with Gasteiger partial charge in [-0.3, -0.25) is 0 Å². The van der Waals surface area contributed by atoms with Crippen molar-refractivity contribution >= 4 is 5.97 Å². The van der Waals surface area contributed by atoms with Gasteiger partial charge in [-0.15, -0.1) is 0 Å². The van der Waals surface area contributed by atoms with Crippen LogP contribution in [0.1, 0.15) is 34.7 Å². The van der Waals surface area contributed by atoms with Gasteiger partial charge in [0.1, 0.15) is 23.4 Å². The smallest absolute Gasteiger partial charge is 0.338 e. The molecule has 176 valence electrons. The van der Waals surface area contributed by atoms with Gasteiger partial charge in [0.2, 0.25) is 0 Å². The van der Waals surface area contributed by atoms with Crippen LogP contribution in [0.15, 0.2) is 42.5 Å². The van der Waals surface area contributed by atoms with E-state index in [-0.39, 0.29) is 47.7 Å². The molecule has 10 nitrogen and oxygen atoms in total. The van der Waals surface area contributed by atoms with Crippen molar-refractivity contribution in [2.24, 2.45) is 0 Å². The van der Waals surface area contributed by atoms with E-state index in [1.54, 1.807) is 0 Å². The van der Waals surface area contributed by atoms with Gasteiger partial charge in [-0.2, -0.15) is 0 Å². The minimum Gasteiger partial charge on any atom is -0.508 e. The lowest BCUT2D eigenvalue weighted by Gasteiger charge is -2.34. The summed E-state index contributed by atoms with van der Waals surface area (Å²) in [6, 6.07) is 8.07. The molecule has 0 aromatic heterocycles. The molecule has 7 N–H and O–H groups in total. The molecule has 0 radical (unpaired) electrons. The van der Waals surface area contributed by atoms with Gasteiger partial charge in [-0.25, -0.2) is 4.79 Å². The summed E-state index contributed by atoms with van der Waals surface area (Å²) in [6.45, 7) is 0. The molecule has 0 unspecified atom stereocenters. The number of phenolic OH excluding ortho intramolecular Hbond substituents is 7. The van der Waals surface area contributed by atoms with E-state index in [1.807, 2.05) is 0 Å². The van der Waals surface area contributed by atoms with Gasteiger partial charge in [0, 0.05) is 36.8 Å². The summed E-state index contributed by atoms with van der Waals surface area (Å²) in [6.07, 6.45) is -2.12. The van der Waals surface area contributed by atoms with Crippen LogP contribution in [0, 0.1) is 0 Å². The highest BCUT2D eigenvalue weighted by Gasteiger charge is 2.37. The van der Waals surface area contributed by atoms with E-state index in [1.165, 1.54) is 24.3 Å². The third-order valence-corrected chi connectivity index (χ3v) is 5.06. The van der Waals surface area contributed by atoms with Crippen LogP contribution in [-0.2, 0) is 11.2 Å². The monoisotopic (exact) mass is 452 g/mol. The molecule has 32 heavy (non-hydrogen) atoms. The van der Waals surface area contributed by atoms with Crippen LogP contribution in [0.25, 0.3) is 0 Å². The first-order chi connectivity index (χ1) is 15.1. The molecule has 0 amide bonds. The molecule has 0 bridgehead atoms. The van der Waals surface area contributed by atoms with Crippen molar-refractivity contribution < 1.29 is 57.1 Å². The van der Waals surface area contributed by atoms with Crippen molar-refractivity contribution in [2.75, 3.05) is 0 Å². The van der Waals surface area contributed by atoms with E-state index in [9.17, 15) is 40.5 Å². The van der Waals surface area contributed by atoms with Crippen LogP contribution in [0.3, 0.4) is 0 Å². The Bertz CT molecular complexity index is 1220.